The molecule has 0 aliphatic carbocycles. The quantitative estimate of drug-likeness (QED) is 0.651. The second-order valence-corrected chi connectivity index (χ2v) is 6.97. The Morgan fingerprint density at radius 3 is 2.48 bits per heavy atom. The first-order valence-corrected chi connectivity index (χ1v) is 8.40. The van der Waals surface area contributed by atoms with Crippen LogP contribution in [0.5, 0.6) is 0 Å². The number of benzene rings is 2. The van der Waals surface area contributed by atoms with Crippen LogP contribution in [0.15, 0.2) is 48.5 Å². The number of aromatic nitrogens is 1. The van der Waals surface area contributed by atoms with Crippen molar-refractivity contribution in [2.45, 2.75) is 6.92 Å². The number of thiazole rings is 1. The molecule has 0 saturated carbocycles. The van der Waals surface area contributed by atoms with Gasteiger partial charge in [-0.1, -0.05) is 41.4 Å². The summed E-state index contributed by atoms with van der Waals surface area (Å²) in [6.45, 7) is 1.96. The number of aryl methyl sites for hydroxylation is 1. The highest BCUT2D eigenvalue weighted by molar-refractivity contribution is 7.16. The average molecular weight is 363 g/mol. The van der Waals surface area contributed by atoms with Gasteiger partial charge in [0, 0.05) is 26.0 Å². The molecule has 0 saturated heterocycles. The van der Waals surface area contributed by atoms with E-state index in [1.807, 2.05) is 31.2 Å². The lowest BCUT2D eigenvalue weighted by Gasteiger charge is -2.02. The number of nitrogens with one attached hydrogen (secondary N) is 1. The van der Waals surface area contributed by atoms with Crippen molar-refractivity contribution in [3.63, 3.8) is 0 Å². The second-order valence-electron chi connectivity index (χ2n) is 4.90. The number of rotatable bonds is 3. The molecular formula is C17H12Cl2N2OS. The molecule has 1 heterocycles. The average Bonchev–Trinajstić information content (AvgIpc) is 2.88. The van der Waals surface area contributed by atoms with E-state index in [1.54, 1.807) is 24.3 Å². The van der Waals surface area contributed by atoms with Gasteiger partial charge in [-0.2, -0.15) is 0 Å². The number of anilines is 1. The summed E-state index contributed by atoms with van der Waals surface area (Å²) in [4.78, 5) is 17.8. The molecule has 3 rings (SSSR count). The third-order valence-electron chi connectivity index (χ3n) is 3.20. The SMILES string of the molecule is Cc1sc(NC(=O)c2cccc(Cl)c2)nc1-c1cccc(Cl)c1. The van der Waals surface area contributed by atoms with E-state index in [9.17, 15) is 4.79 Å². The molecule has 0 unspecified atom stereocenters. The minimum absolute atomic E-state index is 0.237. The van der Waals surface area contributed by atoms with Gasteiger partial charge in [0.25, 0.3) is 5.91 Å². The Morgan fingerprint density at radius 1 is 1.09 bits per heavy atom. The molecule has 0 fully saturated rings. The Kier molecular flexibility index (Phi) is 4.66. The lowest BCUT2D eigenvalue weighted by molar-refractivity contribution is 0.102. The molecule has 0 bridgehead atoms. The smallest absolute Gasteiger partial charge is 0.257 e. The number of hydrogen-bond acceptors (Lipinski definition) is 3. The highest BCUT2D eigenvalue weighted by Gasteiger charge is 2.13. The van der Waals surface area contributed by atoms with Crippen molar-refractivity contribution in [1.82, 2.24) is 4.98 Å². The van der Waals surface area contributed by atoms with Crippen molar-refractivity contribution in [3.8, 4) is 11.3 Å². The Labute approximate surface area is 147 Å². The molecule has 1 N–H and O–H groups in total. The molecule has 3 nitrogen and oxygen atoms in total. The van der Waals surface area contributed by atoms with E-state index in [-0.39, 0.29) is 5.91 Å². The predicted octanol–water partition coefficient (Wildman–Crippen LogP) is 5.68. The molecule has 23 heavy (non-hydrogen) atoms. The number of hydrogen-bond donors (Lipinski definition) is 1. The zero-order chi connectivity index (χ0) is 16.4. The van der Waals surface area contributed by atoms with E-state index in [0.29, 0.717) is 20.7 Å². The van der Waals surface area contributed by atoms with E-state index in [1.165, 1.54) is 11.3 Å². The fourth-order valence-corrected chi connectivity index (χ4v) is 3.36. The maximum atomic E-state index is 12.3. The lowest BCUT2D eigenvalue weighted by Crippen LogP contribution is -2.11. The highest BCUT2D eigenvalue weighted by atomic mass is 35.5. The number of carbonyl (C=O) groups excluding carboxylic acids is 1. The molecule has 3 aromatic rings. The van der Waals surface area contributed by atoms with Crippen LogP contribution in [0.25, 0.3) is 11.3 Å². The van der Waals surface area contributed by atoms with Crippen molar-refractivity contribution < 1.29 is 4.79 Å². The third-order valence-corrected chi connectivity index (χ3v) is 4.56. The Bertz CT molecular complexity index is 877. The molecule has 116 valence electrons. The molecule has 0 radical (unpaired) electrons. The summed E-state index contributed by atoms with van der Waals surface area (Å²) in [6, 6.07) is 14.3. The Morgan fingerprint density at radius 2 is 1.78 bits per heavy atom. The molecule has 1 amide bonds. The topological polar surface area (TPSA) is 42.0 Å². The van der Waals surface area contributed by atoms with Crippen LogP contribution in [0.3, 0.4) is 0 Å². The van der Waals surface area contributed by atoms with Crippen LogP contribution in [0.2, 0.25) is 10.0 Å². The minimum Gasteiger partial charge on any atom is -0.298 e. The van der Waals surface area contributed by atoms with Crippen molar-refractivity contribution in [1.29, 1.82) is 0 Å². The number of amides is 1. The molecule has 0 aliphatic heterocycles. The van der Waals surface area contributed by atoms with Crippen LogP contribution in [0.1, 0.15) is 15.2 Å². The lowest BCUT2D eigenvalue weighted by atomic mass is 10.1. The van der Waals surface area contributed by atoms with Gasteiger partial charge >= 0.3 is 0 Å². The van der Waals surface area contributed by atoms with Crippen molar-refractivity contribution in [3.05, 3.63) is 69.0 Å². The van der Waals surface area contributed by atoms with Crippen molar-refractivity contribution in [2.75, 3.05) is 5.32 Å². The van der Waals surface area contributed by atoms with Crippen molar-refractivity contribution in [2.24, 2.45) is 0 Å². The van der Waals surface area contributed by atoms with E-state index in [2.05, 4.69) is 10.3 Å². The Balaban J connectivity index is 1.85. The largest absolute Gasteiger partial charge is 0.298 e. The van der Waals surface area contributed by atoms with Gasteiger partial charge in [0.05, 0.1) is 5.69 Å². The number of nitrogens with zero attached hydrogens (tertiary/aromatic N) is 1. The maximum absolute atomic E-state index is 12.3. The van der Waals surface area contributed by atoms with Gasteiger partial charge in [0.1, 0.15) is 0 Å². The maximum Gasteiger partial charge on any atom is 0.257 e. The summed E-state index contributed by atoms with van der Waals surface area (Å²) in [7, 11) is 0. The minimum atomic E-state index is -0.237. The summed E-state index contributed by atoms with van der Waals surface area (Å²) in [5.41, 5.74) is 2.24. The molecule has 1 aromatic heterocycles. The predicted molar refractivity (Wildman–Crippen MR) is 96.7 cm³/mol. The molecule has 0 atom stereocenters. The highest BCUT2D eigenvalue weighted by Crippen LogP contribution is 2.31. The molecule has 0 spiro atoms. The van der Waals surface area contributed by atoms with Gasteiger partial charge in [0.15, 0.2) is 5.13 Å². The van der Waals surface area contributed by atoms with Crippen molar-refractivity contribution >= 4 is 45.6 Å². The standard InChI is InChI=1S/C17H12Cl2N2OS/c1-10-15(11-4-2-6-13(18)8-11)20-17(23-10)21-16(22)12-5-3-7-14(19)9-12/h2-9H,1H3,(H,20,21,22). The van der Waals surface area contributed by atoms with Crippen LogP contribution < -0.4 is 5.32 Å². The normalized spacial score (nSPS) is 10.6. The van der Waals surface area contributed by atoms with Gasteiger partial charge in [-0.05, 0) is 37.3 Å². The molecule has 2 aromatic carbocycles. The first-order valence-electron chi connectivity index (χ1n) is 6.83. The molecular weight excluding hydrogens is 351 g/mol. The van der Waals surface area contributed by atoms with Crippen LogP contribution >= 0.6 is 34.5 Å². The van der Waals surface area contributed by atoms with Gasteiger partial charge in [-0.3, -0.25) is 10.1 Å². The van der Waals surface area contributed by atoms with E-state index >= 15 is 0 Å². The summed E-state index contributed by atoms with van der Waals surface area (Å²) in [6.07, 6.45) is 0. The monoisotopic (exact) mass is 362 g/mol. The number of halogens is 2. The molecule has 6 heteroatoms. The van der Waals surface area contributed by atoms with Crippen LogP contribution in [0.4, 0.5) is 5.13 Å². The van der Waals surface area contributed by atoms with E-state index in [0.717, 1.165) is 16.1 Å². The van der Waals surface area contributed by atoms with Gasteiger partial charge < -0.3 is 0 Å². The first-order chi connectivity index (χ1) is 11.0. The zero-order valence-electron chi connectivity index (χ0n) is 12.1. The zero-order valence-corrected chi connectivity index (χ0v) is 14.5. The number of carbonyl (C=O) groups is 1. The van der Waals surface area contributed by atoms with E-state index < -0.39 is 0 Å². The molecule has 0 aliphatic rings. The van der Waals surface area contributed by atoms with Crippen LogP contribution in [-0.4, -0.2) is 10.9 Å². The summed E-state index contributed by atoms with van der Waals surface area (Å²) >= 11 is 13.4. The third kappa shape index (κ3) is 3.72. The fraction of sp³-hybridized carbons (Fsp3) is 0.0588. The Hall–Kier alpha value is -1.88. The van der Waals surface area contributed by atoms with Crippen LogP contribution in [0, 0.1) is 6.92 Å². The van der Waals surface area contributed by atoms with E-state index in [4.69, 9.17) is 23.2 Å². The second kappa shape index (κ2) is 6.71. The summed E-state index contributed by atoms with van der Waals surface area (Å²) in [5, 5.41) is 4.52. The van der Waals surface area contributed by atoms with Gasteiger partial charge in [-0.25, -0.2) is 4.98 Å². The van der Waals surface area contributed by atoms with Crippen LogP contribution in [-0.2, 0) is 0 Å². The summed E-state index contributed by atoms with van der Waals surface area (Å²) < 4.78 is 0. The fourth-order valence-electron chi connectivity index (χ4n) is 2.15. The van der Waals surface area contributed by atoms with Gasteiger partial charge in [0.2, 0.25) is 0 Å². The summed E-state index contributed by atoms with van der Waals surface area (Å²) in [5.74, 6) is -0.237. The first kappa shape index (κ1) is 16.0. The van der Waals surface area contributed by atoms with Gasteiger partial charge in [-0.15, -0.1) is 11.3 Å².